The van der Waals surface area contributed by atoms with Gasteiger partial charge in [-0.25, -0.2) is 4.98 Å². The number of hydrogen-bond acceptors (Lipinski definition) is 5. The van der Waals surface area contributed by atoms with Crippen LogP contribution in [-0.4, -0.2) is 53.6 Å². The van der Waals surface area contributed by atoms with Gasteiger partial charge in [-0.2, -0.15) is 0 Å². The molecule has 0 unspecified atom stereocenters. The third-order valence-electron chi connectivity index (χ3n) is 4.81. The Morgan fingerprint density at radius 1 is 1.07 bits per heavy atom. The standard InChI is InChI=1S/C20H22N4O2S/c1-15-18(27-20(21-15)24-9-3-4-10-24)19(25)23-13-11-22(12-14-23)16-5-7-17(26-2)8-6-16/h3-10H,11-14H2,1-2H3. The first-order chi connectivity index (χ1) is 13.2. The number of nitrogens with zero attached hydrogens (tertiary/aromatic N) is 4. The molecule has 7 heteroatoms. The van der Waals surface area contributed by atoms with Crippen molar-refractivity contribution in [2.45, 2.75) is 6.92 Å². The predicted octanol–water partition coefficient (Wildman–Crippen LogP) is 3.21. The van der Waals surface area contributed by atoms with E-state index in [0.29, 0.717) is 13.1 Å². The quantitative estimate of drug-likeness (QED) is 0.695. The first-order valence-corrected chi connectivity index (χ1v) is 9.76. The summed E-state index contributed by atoms with van der Waals surface area (Å²) in [5.41, 5.74) is 1.96. The second-order valence-electron chi connectivity index (χ2n) is 6.48. The molecule has 0 bridgehead atoms. The Bertz CT molecular complexity index is 910. The lowest BCUT2D eigenvalue weighted by atomic mass is 10.2. The monoisotopic (exact) mass is 382 g/mol. The highest BCUT2D eigenvalue weighted by Gasteiger charge is 2.25. The minimum atomic E-state index is 0.0813. The van der Waals surface area contributed by atoms with Crippen molar-refractivity contribution < 1.29 is 9.53 Å². The fourth-order valence-electron chi connectivity index (χ4n) is 3.26. The van der Waals surface area contributed by atoms with Crippen LogP contribution < -0.4 is 9.64 Å². The normalized spacial score (nSPS) is 14.4. The molecule has 6 nitrogen and oxygen atoms in total. The van der Waals surface area contributed by atoms with E-state index in [1.807, 2.05) is 53.0 Å². The van der Waals surface area contributed by atoms with Crippen molar-refractivity contribution in [1.82, 2.24) is 14.5 Å². The van der Waals surface area contributed by atoms with E-state index < -0.39 is 0 Å². The van der Waals surface area contributed by atoms with Gasteiger partial charge in [0.2, 0.25) is 0 Å². The molecule has 0 N–H and O–H groups in total. The Labute approximate surface area is 162 Å². The molecule has 3 aromatic rings. The fraction of sp³-hybridized carbons (Fsp3) is 0.300. The van der Waals surface area contributed by atoms with Gasteiger partial charge in [0.15, 0.2) is 5.13 Å². The fourth-order valence-corrected chi connectivity index (χ4v) is 4.26. The van der Waals surface area contributed by atoms with E-state index in [9.17, 15) is 4.79 Å². The van der Waals surface area contributed by atoms with Gasteiger partial charge < -0.3 is 19.1 Å². The Hall–Kier alpha value is -2.80. The maximum absolute atomic E-state index is 13.0. The van der Waals surface area contributed by atoms with E-state index in [4.69, 9.17) is 4.74 Å². The maximum atomic E-state index is 13.0. The van der Waals surface area contributed by atoms with Crippen LogP contribution in [-0.2, 0) is 0 Å². The Kier molecular flexibility index (Phi) is 4.85. The first kappa shape index (κ1) is 17.6. The first-order valence-electron chi connectivity index (χ1n) is 8.95. The number of aromatic nitrogens is 2. The summed E-state index contributed by atoms with van der Waals surface area (Å²) in [6.07, 6.45) is 3.89. The van der Waals surface area contributed by atoms with Gasteiger partial charge in [0.1, 0.15) is 10.6 Å². The molecule has 1 amide bonds. The van der Waals surface area contributed by atoms with E-state index in [1.165, 1.54) is 11.3 Å². The summed E-state index contributed by atoms with van der Waals surface area (Å²) in [4.78, 5) is 22.5. The molecular formula is C20H22N4O2S. The molecule has 1 aliphatic heterocycles. The molecule has 3 heterocycles. The van der Waals surface area contributed by atoms with Gasteiger partial charge in [0, 0.05) is 44.3 Å². The molecule has 0 spiro atoms. The van der Waals surface area contributed by atoms with Crippen molar-refractivity contribution >= 4 is 22.9 Å². The molecule has 4 rings (SSSR count). The molecule has 1 aromatic carbocycles. The highest BCUT2D eigenvalue weighted by molar-refractivity contribution is 7.16. The number of benzene rings is 1. The second kappa shape index (κ2) is 7.44. The summed E-state index contributed by atoms with van der Waals surface area (Å²) in [5, 5.41) is 0.831. The third-order valence-corrected chi connectivity index (χ3v) is 5.97. The van der Waals surface area contributed by atoms with E-state index in [2.05, 4.69) is 22.0 Å². The van der Waals surface area contributed by atoms with Crippen LogP contribution in [0.5, 0.6) is 5.75 Å². The van der Waals surface area contributed by atoms with Crippen LogP contribution in [0, 0.1) is 6.92 Å². The van der Waals surface area contributed by atoms with Gasteiger partial charge >= 0.3 is 0 Å². The number of methoxy groups -OCH3 is 1. The van der Waals surface area contributed by atoms with E-state index in [1.54, 1.807) is 7.11 Å². The average Bonchev–Trinajstić information content (AvgIpc) is 3.37. The van der Waals surface area contributed by atoms with Gasteiger partial charge in [-0.05, 0) is 43.3 Å². The number of anilines is 1. The smallest absolute Gasteiger partial charge is 0.266 e. The number of carbonyl (C=O) groups is 1. The number of aryl methyl sites for hydroxylation is 1. The van der Waals surface area contributed by atoms with Crippen LogP contribution in [0.2, 0.25) is 0 Å². The molecule has 0 atom stereocenters. The molecule has 140 valence electrons. The van der Waals surface area contributed by atoms with Crippen molar-refractivity contribution in [2.75, 3.05) is 38.2 Å². The molecule has 2 aromatic heterocycles. The van der Waals surface area contributed by atoms with Gasteiger partial charge in [-0.3, -0.25) is 4.79 Å². The molecule has 0 radical (unpaired) electrons. The van der Waals surface area contributed by atoms with E-state index in [0.717, 1.165) is 40.2 Å². The SMILES string of the molecule is COc1ccc(N2CCN(C(=O)c3sc(-n4cccc4)nc3C)CC2)cc1. The summed E-state index contributed by atoms with van der Waals surface area (Å²) in [5.74, 6) is 0.935. The van der Waals surface area contributed by atoms with E-state index in [-0.39, 0.29) is 5.91 Å². The lowest BCUT2D eigenvalue weighted by Gasteiger charge is -2.36. The highest BCUT2D eigenvalue weighted by Crippen LogP contribution is 2.25. The molecular weight excluding hydrogens is 360 g/mol. The zero-order valence-corrected chi connectivity index (χ0v) is 16.3. The third kappa shape index (κ3) is 3.55. The minimum absolute atomic E-state index is 0.0813. The summed E-state index contributed by atoms with van der Waals surface area (Å²) >= 11 is 1.45. The van der Waals surface area contributed by atoms with Crippen molar-refractivity contribution in [3.05, 3.63) is 59.4 Å². The summed E-state index contributed by atoms with van der Waals surface area (Å²) in [6, 6.07) is 12.0. The van der Waals surface area contributed by atoms with Crippen molar-refractivity contribution in [1.29, 1.82) is 0 Å². The topological polar surface area (TPSA) is 50.6 Å². The maximum Gasteiger partial charge on any atom is 0.266 e. The van der Waals surface area contributed by atoms with Crippen LogP contribution in [0.15, 0.2) is 48.8 Å². The Balaban J connectivity index is 1.42. The van der Waals surface area contributed by atoms with Crippen LogP contribution in [0.1, 0.15) is 15.4 Å². The number of hydrogen-bond donors (Lipinski definition) is 0. The summed E-state index contributed by atoms with van der Waals surface area (Å²) in [6.45, 7) is 4.97. The Morgan fingerprint density at radius 3 is 2.37 bits per heavy atom. The number of thiazole rings is 1. The van der Waals surface area contributed by atoms with Crippen LogP contribution >= 0.6 is 11.3 Å². The number of amides is 1. The number of carbonyl (C=O) groups excluding carboxylic acids is 1. The van der Waals surface area contributed by atoms with Crippen molar-refractivity contribution in [2.24, 2.45) is 0 Å². The molecule has 1 saturated heterocycles. The van der Waals surface area contributed by atoms with Crippen LogP contribution in [0.25, 0.3) is 5.13 Å². The number of rotatable bonds is 4. The zero-order chi connectivity index (χ0) is 18.8. The molecule has 1 fully saturated rings. The minimum Gasteiger partial charge on any atom is -0.497 e. The summed E-state index contributed by atoms with van der Waals surface area (Å²) in [7, 11) is 1.67. The van der Waals surface area contributed by atoms with Crippen LogP contribution in [0.3, 0.4) is 0 Å². The summed E-state index contributed by atoms with van der Waals surface area (Å²) < 4.78 is 7.16. The second-order valence-corrected chi connectivity index (χ2v) is 7.46. The Morgan fingerprint density at radius 2 is 1.74 bits per heavy atom. The molecule has 0 saturated carbocycles. The molecule has 1 aliphatic rings. The predicted molar refractivity (Wildman–Crippen MR) is 107 cm³/mol. The molecule has 27 heavy (non-hydrogen) atoms. The zero-order valence-electron chi connectivity index (χ0n) is 15.5. The van der Waals surface area contributed by atoms with Gasteiger partial charge in [-0.1, -0.05) is 11.3 Å². The van der Waals surface area contributed by atoms with Crippen LogP contribution in [0.4, 0.5) is 5.69 Å². The van der Waals surface area contributed by atoms with Crippen molar-refractivity contribution in [3.8, 4) is 10.9 Å². The van der Waals surface area contributed by atoms with Gasteiger partial charge in [0.25, 0.3) is 5.91 Å². The van der Waals surface area contributed by atoms with E-state index >= 15 is 0 Å². The van der Waals surface area contributed by atoms with Crippen molar-refractivity contribution in [3.63, 3.8) is 0 Å². The number of ether oxygens (including phenoxy) is 1. The van der Waals surface area contributed by atoms with Gasteiger partial charge in [-0.15, -0.1) is 0 Å². The lowest BCUT2D eigenvalue weighted by molar-refractivity contribution is 0.0750. The highest BCUT2D eigenvalue weighted by atomic mass is 32.1. The number of piperazine rings is 1. The van der Waals surface area contributed by atoms with Gasteiger partial charge in [0.05, 0.1) is 12.8 Å². The average molecular weight is 382 g/mol. The molecule has 0 aliphatic carbocycles. The lowest BCUT2D eigenvalue weighted by Crippen LogP contribution is -2.48. The largest absolute Gasteiger partial charge is 0.497 e.